The third-order valence-electron chi connectivity index (χ3n) is 10.4. The molecule has 0 spiro atoms. The van der Waals surface area contributed by atoms with Crippen LogP contribution in [0.15, 0.2) is 78.9 Å². The standard InChI is InChI=1S/C41H56N6O4/c1-42-24-9-25-45(3)40(49)34-15-17-35(18-16-34)47-28-20-32(21-29-47)14-19-39(48)44(2)30-31-46-26-22-36(23-27-46)51-41(50)43-38-13-8-7-12-37(38)33-10-5-4-6-11-33/h4-8,10-13,15-18,32,36,42H,9,14,19-31H2,1-3H3,(H,43,50). The SMILES string of the molecule is CNCCCN(C)C(=O)c1ccc(N2CCC(CCC(=O)N(C)CCN3CCC(OC(=O)Nc4ccccc4-c4ccccc4)CC3)CC2)cc1. The Labute approximate surface area is 304 Å². The van der Waals surface area contributed by atoms with Crippen LogP contribution in [-0.2, 0) is 9.53 Å². The Balaban J connectivity index is 0.947. The summed E-state index contributed by atoms with van der Waals surface area (Å²) < 4.78 is 5.79. The highest BCUT2D eigenvalue weighted by molar-refractivity contribution is 5.94. The molecule has 2 aliphatic heterocycles. The minimum atomic E-state index is -0.422. The van der Waals surface area contributed by atoms with Gasteiger partial charge in [-0.25, -0.2) is 4.79 Å². The van der Waals surface area contributed by atoms with Crippen LogP contribution in [0.5, 0.6) is 0 Å². The molecule has 2 heterocycles. The first-order chi connectivity index (χ1) is 24.8. The van der Waals surface area contributed by atoms with Crippen molar-refractivity contribution in [2.45, 2.75) is 51.0 Å². The highest BCUT2D eigenvalue weighted by atomic mass is 16.6. The number of amides is 3. The van der Waals surface area contributed by atoms with Crippen molar-refractivity contribution in [1.29, 1.82) is 0 Å². The molecule has 10 heteroatoms. The summed E-state index contributed by atoms with van der Waals surface area (Å²) >= 11 is 0. The molecule has 10 nitrogen and oxygen atoms in total. The first-order valence-corrected chi connectivity index (χ1v) is 18.6. The molecule has 2 fully saturated rings. The van der Waals surface area contributed by atoms with Crippen LogP contribution in [0.1, 0.15) is 55.3 Å². The molecule has 5 rings (SSSR count). The van der Waals surface area contributed by atoms with Crippen LogP contribution in [-0.4, -0.2) is 112 Å². The number of nitrogens with zero attached hydrogens (tertiary/aromatic N) is 4. The lowest BCUT2D eigenvalue weighted by Crippen LogP contribution is -2.42. The third-order valence-corrected chi connectivity index (χ3v) is 10.4. The molecule has 0 unspecified atom stereocenters. The van der Waals surface area contributed by atoms with Gasteiger partial charge in [-0.05, 0) is 93.9 Å². The Bertz CT molecular complexity index is 1540. The van der Waals surface area contributed by atoms with E-state index in [9.17, 15) is 14.4 Å². The number of ether oxygens (including phenoxy) is 1. The number of likely N-dealkylation sites (tertiary alicyclic amines) is 1. The molecule has 3 aromatic carbocycles. The van der Waals surface area contributed by atoms with Crippen molar-refractivity contribution in [2.24, 2.45) is 5.92 Å². The first-order valence-electron chi connectivity index (χ1n) is 18.6. The molecule has 2 N–H and O–H groups in total. The maximum absolute atomic E-state index is 13.0. The Kier molecular flexibility index (Phi) is 14.3. The van der Waals surface area contributed by atoms with Crippen LogP contribution < -0.4 is 15.5 Å². The molecule has 0 radical (unpaired) electrons. The normalized spacial score (nSPS) is 15.7. The zero-order valence-electron chi connectivity index (χ0n) is 30.7. The van der Waals surface area contributed by atoms with E-state index in [1.807, 2.05) is 92.8 Å². The van der Waals surface area contributed by atoms with Crippen molar-refractivity contribution in [2.75, 3.05) is 83.7 Å². The lowest BCUT2D eigenvalue weighted by atomic mass is 9.91. The van der Waals surface area contributed by atoms with Gasteiger partial charge in [-0.1, -0.05) is 48.5 Å². The van der Waals surface area contributed by atoms with Gasteiger partial charge in [0.1, 0.15) is 6.10 Å². The fourth-order valence-electron chi connectivity index (χ4n) is 7.05. The van der Waals surface area contributed by atoms with Crippen LogP contribution >= 0.6 is 0 Å². The summed E-state index contributed by atoms with van der Waals surface area (Å²) in [6, 6.07) is 25.8. The number of para-hydroxylation sites is 1. The molecule has 3 amide bonds. The van der Waals surface area contributed by atoms with Gasteiger partial charge < -0.3 is 29.7 Å². The number of carbonyl (C=O) groups excluding carboxylic acids is 3. The molecule has 0 atom stereocenters. The smallest absolute Gasteiger partial charge is 0.411 e. The van der Waals surface area contributed by atoms with E-state index in [4.69, 9.17) is 4.74 Å². The number of piperidine rings is 2. The van der Waals surface area contributed by atoms with E-state index in [0.29, 0.717) is 18.9 Å². The topological polar surface area (TPSA) is 97.5 Å². The summed E-state index contributed by atoms with van der Waals surface area (Å²) in [5, 5.41) is 6.07. The van der Waals surface area contributed by atoms with Gasteiger partial charge in [0.05, 0.1) is 5.69 Å². The fourth-order valence-corrected chi connectivity index (χ4v) is 7.05. The van der Waals surface area contributed by atoms with Gasteiger partial charge in [-0.2, -0.15) is 0 Å². The van der Waals surface area contributed by atoms with Crippen molar-refractivity contribution < 1.29 is 19.1 Å². The van der Waals surface area contributed by atoms with Crippen molar-refractivity contribution in [3.63, 3.8) is 0 Å². The second kappa shape index (κ2) is 19.3. The third kappa shape index (κ3) is 11.3. The average Bonchev–Trinajstić information content (AvgIpc) is 3.17. The largest absolute Gasteiger partial charge is 0.446 e. The molecule has 2 aliphatic rings. The van der Waals surface area contributed by atoms with Gasteiger partial charge in [0.2, 0.25) is 5.91 Å². The van der Waals surface area contributed by atoms with E-state index < -0.39 is 6.09 Å². The number of anilines is 2. The van der Waals surface area contributed by atoms with Crippen LogP contribution in [0.2, 0.25) is 0 Å². The summed E-state index contributed by atoms with van der Waals surface area (Å²) in [5.74, 6) is 0.817. The highest BCUT2D eigenvalue weighted by Crippen LogP contribution is 2.29. The molecule has 51 heavy (non-hydrogen) atoms. The van der Waals surface area contributed by atoms with E-state index in [1.54, 1.807) is 4.90 Å². The predicted octanol–water partition coefficient (Wildman–Crippen LogP) is 6.20. The summed E-state index contributed by atoms with van der Waals surface area (Å²) in [6.07, 6.45) is 5.59. The molecule has 2 saturated heterocycles. The summed E-state index contributed by atoms with van der Waals surface area (Å²) in [7, 11) is 5.69. The quantitative estimate of drug-likeness (QED) is 0.183. The molecule has 274 valence electrons. The number of likely N-dealkylation sites (N-methyl/N-ethyl adjacent to an activating group) is 1. The summed E-state index contributed by atoms with van der Waals surface area (Å²) in [4.78, 5) is 46.9. The van der Waals surface area contributed by atoms with E-state index in [1.165, 1.54) is 0 Å². The van der Waals surface area contributed by atoms with Crippen LogP contribution in [0.3, 0.4) is 0 Å². The van der Waals surface area contributed by atoms with Crippen molar-refractivity contribution in [3.8, 4) is 11.1 Å². The average molecular weight is 697 g/mol. The fraction of sp³-hybridized carbons (Fsp3) is 0.488. The van der Waals surface area contributed by atoms with Crippen molar-refractivity contribution in [1.82, 2.24) is 20.0 Å². The Hall–Kier alpha value is -4.41. The van der Waals surface area contributed by atoms with Gasteiger partial charge >= 0.3 is 6.09 Å². The minimum Gasteiger partial charge on any atom is -0.446 e. The molecular formula is C41H56N6O4. The second-order valence-corrected chi connectivity index (χ2v) is 14.0. The molecule has 3 aromatic rings. The lowest BCUT2D eigenvalue weighted by Gasteiger charge is -2.34. The predicted molar refractivity (Wildman–Crippen MR) is 205 cm³/mol. The molecule has 0 aromatic heterocycles. The number of carbonyl (C=O) groups is 3. The van der Waals surface area contributed by atoms with E-state index in [-0.39, 0.29) is 17.9 Å². The van der Waals surface area contributed by atoms with E-state index >= 15 is 0 Å². The number of rotatable bonds is 15. The lowest BCUT2D eigenvalue weighted by molar-refractivity contribution is -0.130. The molecule has 0 bridgehead atoms. The minimum absolute atomic E-state index is 0.0592. The number of benzene rings is 3. The number of hydrogen-bond acceptors (Lipinski definition) is 7. The van der Waals surface area contributed by atoms with Gasteiger partial charge in [0, 0.05) is 83.1 Å². The zero-order chi connectivity index (χ0) is 36.0. The van der Waals surface area contributed by atoms with Gasteiger partial charge in [-0.3, -0.25) is 14.9 Å². The van der Waals surface area contributed by atoms with E-state index in [2.05, 4.69) is 32.6 Å². The zero-order valence-corrected chi connectivity index (χ0v) is 30.7. The first kappa shape index (κ1) is 37.8. The van der Waals surface area contributed by atoms with Gasteiger partial charge in [-0.15, -0.1) is 0 Å². The molecular weight excluding hydrogens is 640 g/mol. The van der Waals surface area contributed by atoms with Gasteiger partial charge in [0.15, 0.2) is 0 Å². The maximum Gasteiger partial charge on any atom is 0.411 e. The van der Waals surface area contributed by atoms with Crippen molar-refractivity contribution in [3.05, 3.63) is 84.4 Å². The van der Waals surface area contributed by atoms with Crippen LogP contribution in [0, 0.1) is 5.92 Å². The van der Waals surface area contributed by atoms with Gasteiger partial charge in [0.25, 0.3) is 5.91 Å². The van der Waals surface area contributed by atoms with Crippen molar-refractivity contribution >= 4 is 29.3 Å². The molecule has 0 aliphatic carbocycles. The second-order valence-electron chi connectivity index (χ2n) is 14.0. The number of hydrogen-bond donors (Lipinski definition) is 2. The maximum atomic E-state index is 13.0. The number of nitrogens with one attached hydrogen (secondary N) is 2. The monoisotopic (exact) mass is 696 g/mol. The molecule has 0 saturated carbocycles. The summed E-state index contributed by atoms with van der Waals surface area (Å²) in [6.45, 7) is 6.76. The van der Waals surface area contributed by atoms with Crippen LogP contribution in [0.4, 0.5) is 16.2 Å². The Morgan fingerprint density at radius 3 is 2.20 bits per heavy atom. The Morgan fingerprint density at radius 2 is 1.49 bits per heavy atom. The highest BCUT2D eigenvalue weighted by Gasteiger charge is 2.25. The summed E-state index contributed by atoms with van der Waals surface area (Å²) in [5.41, 5.74) is 4.62. The van der Waals surface area contributed by atoms with E-state index in [0.717, 1.165) is 112 Å². The van der Waals surface area contributed by atoms with Crippen LogP contribution in [0.25, 0.3) is 11.1 Å². The Morgan fingerprint density at radius 1 is 0.804 bits per heavy atom.